The number of aliphatic hydroxyl groups is 1. The molecule has 4 nitrogen and oxygen atoms in total. The van der Waals surface area contributed by atoms with Crippen LogP contribution in [0.3, 0.4) is 0 Å². The summed E-state index contributed by atoms with van der Waals surface area (Å²) >= 11 is 0. The van der Waals surface area contributed by atoms with Crippen LogP contribution in [0.5, 0.6) is 0 Å². The Labute approximate surface area is 105 Å². The molecule has 0 spiro atoms. The second-order valence-electron chi connectivity index (χ2n) is 6.73. The molecule has 0 amide bonds. The Morgan fingerprint density at radius 1 is 1.47 bits per heavy atom. The van der Waals surface area contributed by atoms with Crippen LogP contribution in [0.25, 0.3) is 0 Å². The van der Waals surface area contributed by atoms with Crippen molar-refractivity contribution < 1.29 is 9.84 Å². The Morgan fingerprint density at radius 2 is 2.06 bits per heavy atom. The highest BCUT2D eigenvalue weighted by Crippen LogP contribution is 2.29. The van der Waals surface area contributed by atoms with E-state index < -0.39 is 0 Å². The average molecular weight is 244 g/mol. The lowest BCUT2D eigenvalue weighted by Gasteiger charge is -2.48. The van der Waals surface area contributed by atoms with Gasteiger partial charge in [-0.2, -0.15) is 0 Å². The molecule has 1 saturated heterocycles. The van der Waals surface area contributed by atoms with E-state index in [2.05, 4.69) is 39.5 Å². The molecular formula is C13H28N2O2. The lowest BCUT2D eigenvalue weighted by atomic mass is 9.84. The zero-order valence-electron chi connectivity index (χ0n) is 11.9. The Balaban J connectivity index is 2.81. The molecule has 102 valence electrons. The van der Waals surface area contributed by atoms with Gasteiger partial charge in [-0.05, 0) is 19.3 Å². The number of nitrogens with two attached hydrogens (primary N) is 1. The van der Waals surface area contributed by atoms with Crippen molar-refractivity contribution in [2.24, 2.45) is 11.1 Å². The van der Waals surface area contributed by atoms with Gasteiger partial charge in [0.2, 0.25) is 0 Å². The third-order valence-electron chi connectivity index (χ3n) is 3.38. The van der Waals surface area contributed by atoms with Crippen LogP contribution < -0.4 is 5.73 Å². The molecule has 1 heterocycles. The van der Waals surface area contributed by atoms with Gasteiger partial charge in [-0.1, -0.05) is 20.8 Å². The average Bonchev–Trinajstić information content (AvgIpc) is 2.13. The predicted molar refractivity (Wildman–Crippen MR) is 69.9 cm³/mol. The topological polar surface area (TPSA) is 58.7 Å². The van der Waals surface area contributed by atoms with E-state index in [0.717, 1.165) is 13.1 Å². The second-order valence-corrected chi connectivity index (χ2v) is 6.73. The summed E-state index contributed by atoms with van der Waals surface area (Å²) < 4.78 is 5.83. The van der Waals surface area contributed by atoms with Gasteiger partial charge in [0.25, 0.3) is 0 Å². The van der Waals surface area contributed by atoms with Crippen molar-refractivity contribution in [1.82, 2.24) is 4.90 Å². The molecule has 0 radical (unpaired) electrons. The molecule has 2 unspecified atom stereocenters. The third-order valence-corrected chi connectivity index (χ3v) is 3.38. The van der Waals surface area contributed by atoms with E-state index in [-0.39, 0.29) is 23.7 Å². The van der Waals surface area contributed by atoms with Gasteiger partial charge >= 0.3 is 0 Å². The molecular weight excluding hydrogens is 216 g/mol. The van der Waals surface area contributed by atoms with Crippen molar-refractivity contribution >= 4 is 0 Å². The molecule has 0 saturated carbocycles. The Bertz CT molecular complexity index is 248. The lowest BCUT2D eigenvalue weighted by Crippen LogP contribution is -2.60. The number of aliphatic hydroxyl groups excluding tert-OH is 1. The fourth-order valence-corrected chi connectivity index (χ4v) is 2.72. The van der Waals surface area contributed by atoms with Crippen molar-refractivity contribution in [2.45, 2.75) is 52.4 Å². The van der Waals surface area contributed by atoms with E-state index in [0.29, 0.717) is 12.6 Å². The number of hydrogen-bond acceptors (Lipinski definition) is 4. The molecule has 0 aromatic rings. The Kier molecular flexibility index (Phi) is 4.58. The van der Waals surface area contributed by atoms with Crippen LogP contribution in [0.1, 0.15) is 34.6 Å². The summed E-state index contributed by atoms with van der Waals surface area (Å²) in [4.78, 5) is 2.37. The highest BCUT2D eigenvalue weighted by molar-refractivity contribution is 4.92. The maximum absolute atomic E-state index is 9.32. The van der Waals surface area contributed by atoms with Gasteiger partial charge in [0, 0.05) is 25.7 Å². The van der Waals surface area contributed by atoms with Crippen molar-refractivity contribution in [3.8, 4) is 0 Å². The van der Waals surface area contributed by atoms with Crippen LogP contribution in [-0.4, -0.2) is 54.0 Å². The molecule has 0 aromatic heterocycles. The van der Waals surface area contributed by atoms with Crippen LogP contribution in [0, 0.1) is 5.41 Å². The summed E-state index contributed by atoms with van der Waals surface area (Å²) in [6.07, 6.45) is -0.102. The largest absolute Gasteiger partial charge is 0.394 e. The molecule has 1 rings (SSSR count). The molecule has 0 aromatic carbocycles. The van der Waals surface area contributed by atoms with Crippen molar-refractivity contribution in [1.29, 1.82) is 0 Å². The first-order chi connectivity index (χ1) is 7.69. The highest BCUT2D eigenvalue weighted by Gasteiger charge is 2.39. The first-order valence-corrected chi connectivity index (χ1v) is 6.42. The first-order valence-electron chi connectivity index (χ1n) is 6.42. The van der Waals surface area contributed by atoms with Crippen LogP contribution in [0.4, 0.5) is 0 Å². The minimum atomic E-state index is -0.218. The second kappa shape index (κ2) is 5.22. The molecule has 17 heavy (non-hydrogen) atoms. The Hall–Kier alpha value is -0.160. The summed E-state index contributed by atoms with van der Waals surface area (Å²) in [7, 11) is 0. The van der Waals surface area contributed by atoms with Gasteiger partial charge in [0.15, 0.2) is 0 Å². The van der Waals surface area contributed by atoms with E-state index in [9.17, 15) is 5.11 Å². The quantitative estimate of drug-likeness (QED) is 0.772. The minimum absolute atomic E-state index is 0.0708. The fourth-order valence-electron chi connectivity index (χ4n) is 2.72. The SMILES string of the molecule is CC1(C)CN(C(CN)C(C)(C)C)CC(CO)O1. The summed E-state index contributed by atoms with van der Waals surface area (Å²) in [5.74, 6) is 0. The number of nitrogens with zero attached hydrogens (tertiary/aromatic N) is 1. The molecule has 1 aliphatic heterocycles. The van der Waals surface area contributed by atoms with Crippen LogP contribution in [0.15, 0.2) is 0 Å². The maximum atomic E-state index is 9.32. The number of rotatable bonds is 3. The molecule has 0 aliphatic carbocycles. The molecule has 1 aliphatic rings. The minimum Gasteiger partial charge on any atom is -0.394 e. The summed E-state index contributed by atoms with van der Waals surface area (Å²) in [6.45, 7) is 13.1. The van der Waals surface area contributed by atoms with Crippen LogP contribution in [0.2, 0.25) is 0 Å². The van der Waals surface area contributed by atoms with Gasteiger partial charge in [-0.15, -0.1) is 0 Å². The molecule has 4 heteroatoms. The van der Waals surface area contributed by atoms with Crippen molar-refractivity contribution in [3.63, 3.8) is 0 Å². The van der Waals surface area contributed by atoms with Gasteiger partial charge in [0.1, 0.15) is 0 Å². The standard InChI is InChI=1S/C13H28N2O2/c1-12(2,3)11(6-14)15-7-10(8-16)17-13(4,5)9-15/h10-11,16H,6-9,14H2,1-5H3. The monoisotopic (exact) mass is 244 g/mol. The first kappa shape index (κ1) is 14.9. The number of hydrogen-bond donors (Lipinski definition) is 2. The Morgan fingerprint density at radius 3 is 2.47 bits per heavy atom. The van der Waals surface area contributed by atoms with Gasteiger partial charge in [-0.25, -0.2) is 0 Å². The van der Waals surface area contributed by atoms with Crippen LogP contribution in [-0.2, 0) is 4.74 Å². The summed E-state index contributed by atoms with van der Waals surface area (Å²) in [5, 5.41) is 9.32. The van der Waals surface area contributed by atoms with E-state index in [1.165, 1.54) is 0 Å². The van der Waals surface area contributed by atoms with E-state index in [4.69, 9.17) is 10.5 Å². The highest BCUT2D eigenvalue weighted by atomic mass is 16.5. The molecule has 3 N–H and O–H groups in total. The number of ether oxygens (including phenoxy) is 1. The predicted octanol–water partition coefficient (Wildman–Crippen LogP) is 0.832. The van der Waals surface area contributed by atoms with Crippen molar-refractivity contribution in [3.05, 3.63) is 0 Å². The zero-order valence-corrected chi connectivity index (χ0v) is 11.9. The van der Waals surface area contributed by atoms with Gasteiger partial charge in [0.05, 0.1) is 18.3 Å². The smallest absolute Gasteiger partial charge is 0.0940 e. The molecule has 0 bridgehead atoms. The van der Waals surface area contributed by atoms with E-state index in [1.54, 1.807) is 0 Å². The zero-order chi connectivity index (χ0) is 13.3. The molecule has 2 atom stereocenters. The van der Waals surface area contributed by atoms with Crippen LogP contribution >= 0.6 is 0 Å². The normalized spacial score (nSPS) is 28.1. The number of morpholine rings is 1. The van der Waals surface area contributed by atoms with E-state index >= 15 is 0 Å². The third kappa shape index (κ3) is 3.91. The lowest BCUT2D eigenvalue weighted by molar-refractivity contribution is -0.163. The van der Waals surface area contributed by atoms with Crippen molar-refractivity contribution in [2.75, 3.05) is 26.2 Å². The van der Waals surface area contributed by atoms with Gasteiger partial charge in [-0.3, -0.25) is 4.90 Å². The summed E-state index contributed by atoms with van der Waals surface area (Å²) in [6, 6.07) is 0.319. The maximum Gasteiger partial charge on any atom is 0.0940 e. The summed E-state index contributed by atoms with van der Waals surface area (Å²) in [5.41, 5.74) is 5.84. The van der Waals surface area contributed by atoms with E-state index in [1.807, 2.05) is 0 Å². The van der Waals surface area contributed by atoms with Gasteiger partial charge < -0.3 is 15.6 Å². The fraction of sp³-hybridized carbons (Fsp3) is 1.00. The molecule has 1 fully saturated rings.